The van der Waals surface area contributed by atoms with E-state index in [0.717, 1.165) is 21.5 Å². The second-order valence-electron chi connectivity index (χ2n) is 4.17. The predicted molar refractivity (Wildman–Crippen MR) is 70.9 cm³/mol. The van der Waals surface area contributed by atoms with E-state index < -0.39 is 0 Å². The number of nitriles is 2. The van der Waals surface area contributed by atoms with E-state index in [-0.39, 0.29) is 0 Å². The topological polar surface area (TPSA) is 47.6 Å². The molecule has 0 N–H and O–H groups in total. The molecule has 3 aromatic carbocycles. The van der Waals surface area contributed by atoms with Gasteiger partial charge in [-0.05, 0) is 45.8 Å². The highest BCUT2D eigenvalue weighted by Gasteiger charge is 2.05. The molecule has 0 atom stereocenters. The van der Waals surface area contributed by atoms with Crippen LogP contribution in [0.25, 0.3) is 21.5 Å². The molecule has 0 radical (unpaired) electrons. The van der Waals surface area contributed by atoms with Crippen LogP contribution in [-0.4, -0.2) is 0 Å². The van der Waals surface area contributed by atoms with Crippen LogP contribution in [0.5, 0.6) is 0 Å². The Kier molecular flexibility index (Phi) is 2.22. The first kappa shape index (κ1) is 10.3. The van der Waals surface area contributed by atoms with Gasteiger partial charge >= 0.3 is 0 Å². The van der Waals surface area contributed by atoms with Crippen molar-refractivity contribution in [2.24, 2.45) is 0 Å². The van der Waals surface area contributed by atoms with E-state index in [1.807, 2.05) is 36.4 Å². The van der Waals surface area contributed by atoms with E-state index in [9.17, 15) is 0 Å². The summed E-state index contributed by atoms with van der Waals surface area (Å²) >= 11 is 0. The molecule has 3 rings (SSSR count). The van der Waals surface area contributed by atoms with Gasteiger partial charge in [-0.25, -0.2) is 0 Å². The number of fused-ring (bicyclic) bond motifs is 2. The summed E-state index contributed by atoms with van der Waals surface area (Å²) in [6.45, 7) is 0. The van der Waals surface area contributed by atoms with Gasteiger partial charge in [0, 0.05) is 0 Å². The van der Waals surface area contributed by atoms with Crippen LogP contribution in [0.3, 0.4) is 0 Å². The van der Waals surface area contributed by atoms with Gasteiger partial charge in [0.25, 0.3) is 0 Å². The van der Waals surface area contributed by atoms with E-state index in [1.54, 1.807) is 12.1 Å². The van der Waals surface area contributed by atoms with Crippen molar-refractivity contribution in [3.8, 4) is 12.1 Å². The van der Waals surface area contributed by atoms with Gasteiger partial charge in [0.05, 0.1) is 11.1 Å². The number of benzene rings is 3. The summed E-state index contributed by atoms with van der Waals surface area (Å²) in [7, 11) is 0. The minimum absolute atomic E-state index is 0.431. The molecule has 0 heterocycles. The first-order valence-electron chi connectivity index (χ1n) is 5.58. The van der Waals surface area contributed by atoms with Gasteiger partial charge in [-0.15, -0.1) is 0 Å². The molecule has 0 amide bonds. The second-order valence-corrected chi connectivity index (χ2v) is 4.17. The molecule has 0 bridgehead atoms. The zero-order valence-corrected chi connectivity index (χ0v) is 9.51. The van der Waals surface area contributed by atoms with E-state index in [2.05, 4.69) is 12.1 Å². The molecule has 0 saturated heterocycles. The normalized spacial score (nSPS) is 10.1. The largest absolute Gasteiger partial charge is 0.192 e. The van der Waals surface area contributed by atoms with Crippen LogP contribution in [0.4, 0.5) is 0 Å². The Hall–Kier alpha value is -2.84. The Morgan fingerprint density at radius 2 is 1.06 bits per heavy atom. The number of hydrogen-bond acceptors (Lipinski definition) is 2. The summed E-state index contributed by atoms with van der Waals surface area (Å²) < 4.78 is 0. The lowest BCUT2D eigenvalue weighted by molar-refractivity contribution is 1.45. The van der Waals surface area contributed by atoms with E-state index in [0.29, 0.717) is 11.1 Å². The van der Waals surface area contributed by atoms with Crippen molar-refractivity contribution in [2.75, 3.05) is 0 Å². The quantitative estimate of drug-likeness (QED) is 0.550. The zero-order valence-electron chi connectivity index (χ0n) is 9.51. The maximum absolute atomic E-state index is 9.02. The molecule has 0 fully saturated rings. The summed E-state index contributed by atoms with van der Waals surface area (Å²) in [5.41, 5.74) is 0.862. The summed E-state index contributed by atoms with van der Waals surface area (Å²) in [6.07, 6.45) is 0. The monoisotopic (exact) mass is 228 g/mol. The van der Waals surface area contributed by atoms with Crippen LogP contribution in [0.1, 0.15) is 11.1 Å². The molecule has 3 aromatic rings. The second kappa shape index (κ2) is 3.87. The highest BCUT2D eigenvalue weighted by molar-refractivity contribution is 5.99. The predicted octanol–water partition coefficient (Wildman–Crippen LogP) is 3.74. The molecule has 18 heavy (non-hydrogen) atoms. The summed E-state index contributed by atoms with van der Waals surface area (Å²) in [6, 6.07) is 19.8. The van der Waals surface area contributed by atoms with Crippen LogP contribution in [-0.2, 0) is 0 Å². The van der Waals surface area contributed by atoms with Gasteiger partial charge < -0.3 is 0 Å². The first-order chi connectivity index (χ1) is 8.81. The van der Waals surface area contributed by atoms with Crippen molar-refractivity contribution in [1.82, 2.24) is 0 Å². The van der Waals surface area contributed by atoms with Crippen molar-refractivity contribution >= 4 is 21.5 Å². The SMILES string of the molecule is N#Cc1cc2cc3ccccc3cc2cc1C#N. The molecule has 0 saturated carbocycles. The number of rotatable bonds is 0. The van der Waals surface area contributed by atoms with Crippen LogP contribution in [0, 0.1) is 22.7 Å². The lowest BCUT2D eigenvalue weighted by Crippen LogP contribution is -1.85. The molecule has 82 valence electrons. The lowest BCUT2D eigenvalue weighted by atomic mass is 9.99. The minimum Gasteiger partial charge on any atom is -0.192 e. The fraction of sp³-hybridized carbons (Fsp3) is 0. The Balaban J connectivity index is 2.45. The molecular formula is C16H8N2. The Morgan fingerprint density at radius 3 is 1.44 bits per heavy atom. The van der Waals surface area contributed by atoms with Gasteiger partial charge in [0.1, 0.15) is 12.1 Å². The van der Waals surface area contributed by atoms with E-state index in [4.69, 9.17) is 10.5 Å². The molecule has 0 aliphatic carbocycles. The van der Waals surface area contributed by atoms with Gasteiger partial charge in [0.15, 0.2) is 0 Å². The van der Waals surface area contributed by atoms with Crippen molar-refractivity contribution in [1.29, 1.82) is 10.5 Å². The molecule has 2 nitrogen and oxygen atoms in total. The van der Waals surface area contributed by atoms with Gasteiger partial charge in [-0.2, -0.15) is 10.5 Å². The van der Waals surface area contributed by atoms with E-state index in [1.165, 1.54) is 0 Å². The fourth-order valence-corrected chi connectivity index (χ4v) is 2.18. The number of hydrogen-bond donors (Lipinski definition) is 0. The summed E-state index contributed by atoms with van der Waals surface area (Å²) in [5, 5.41) is 22.3. The van der Waals surface area contributed by atoms with Crippen molar-refractivity contribution in [2.45, 2.75) is 0 Å². The average molecular weight is 228 g/mol. The zero-order chi connectivity index (χ0) is 12.5. The van der Waals surface area contributed by atoms with Crippen LogP contribution < -0.4 is 0 Å². The Labute approximate surface area is 104 Å². The summed E-state index contributed by atoms with van der Waals surface area (Å²) in [5.74, 6) is 0. The van der Waals surface area contributed by atoms with Crippen molar-refractivity contribution < 1.29 is 0 Å². The highest BCUT2D eigenvalue weighted by Crippen LogP contribution is 2.25. The summed E-state index contributed by atoms with van der Waals surface area (Å²) in [4.78, 5) is 0. The van der Waals surface area contributed by atoms with E-state index >= 15 is 0 Å². The molecule has 0 unspecified atom stereocenters. The maximum atomic E-state index is 9.02. The van der Waals surface area contributed by atoms with Crippen LogP contribution >= 0.6 is 0 Å². The number of nitrogens with zero attached hydrogens (tertiary/aromatic N) is 2. The third-order valence-electron chi connectivity index (χ3n) is 3.08. The minimum atomic E-state index is 0.431. The first-order valence-corrected chi connectivity index (χ1v) is 5.58. The molecule has 0 aromatic heterocycles. The standard InChI is InChI=1S/C16H8N2/c17-9-15-7-13-5-11-3-1-2-4-12(11)6-14(13)8-16(15)10-18/h1-8H. The van der Waals surface area contributed by atoms with Gasteiger partial charge in [-0.3, -0.25) is 0 Å². The molecule has 0 aliphatic rings. The molecular weight excluding hydrogens is 220 g/mol. The van der Waals surface area contributed by atoms with Crippen molar-refractivity contribution in [3.05, 3.63) is 59.7 Å². The Morgan fingerprint density at radius 1 is 0.611 bits per heavy atom. The fourth-order valence-electron chi connectivity index (χ4n) is 2.18. The maximum Gasteiger partial charge on any atom is 0.101 e. The average Bonchev–Trinajstić information content (AvgIpc) is 2.43. The third-order valence-corrected chi connectivity index (χ3v) is 3.08. The van der Waals surface area contributed by atoms with Gasteiger partial charge in [0.2, 0.25) is 0 Å². The highest BCUT2D eigenvalue weighted by atomic mass is 14.3. The van der Waals surface area contributed by atoms with Crippen molar-refractivity contribution in [3.63, 3.8) is 0 Å². The molecule has 0 spiro atoms. The molecule has 2 heteroatoms. The third kappa shape index (κ3) is 1.49. The van der Waals surface area contributed by atoms with Gasteiger partial charge in [-0.1, -0.05) is 24.3 Å². The molecule has 0 aliphatic heterocycles. The van der Waals surface area contributed by atoms with Crippen LogP contribution in [0.15, 0.2) is 48.5 Å². The smallest absolute Gasteiger partial charge is 0.101 e. The lowest BCUT2D eigenvalue weighted by Gasteiger charge is -2.03. The Bertz CT molecular complexity index is 776. The van der Waals surface area contributed by atoms with Crippen LogP contribution in [0.2, 0.25) is 0 Å².